The van der Waals surface area contributed by atoms with E-state index in [1.165, 1.54) is 12.1 Å². The van der Waals surface area contributed by atoms with Gasteiger partial charge in [0.05, 0.1) is 5.69 Å². The lowest BCUT2D eigenvalue weighted by molar-refractivity contribution is -0.121. The molecule has 1 saturated heterocycles. The van der Waals surface area contributed by atoms with Gasteiger partial charge >= 0.3 is 6.03 Å². The van der Waals surface area contributed by atoms with Gasteiger partial charge in [-0.15, -0.1) is 0 Å². The van der Waals surface area contributed by atoms with Gasteiger partial charge in [0.1, 0.15) is 5.82 Å². The Morgan fingerprint density at radius 3 is 2.86 bits per heavy atom. The van der Waals surface area contributed by atoms with Crippen LogP contribution in [0.15, 0.2) is 24.3 Å². The summed E-state index contributed by atoms with van der Waals surface area (Å²) in [5, 5.41) is 5.46. The summed E-state index contributed by atoms with van der Waals surface area (Å²) in [7, 11) is 0. The van der Waals surface area contributed by atoms with E-state index in [4.69, 9.17) is 0 Å². The number of piperidine rings is 1. The zero-order valence-electron chi connectivity index (χ0n) is 12.8. The molecular formula is C16H22FN3O2. The molecule has 1 aromatic rings. The van der Waals surface area contributed by atoms with Crippen molar-refractivity contribution in [1.29, 1.82) is 0 Å². The van der Waals surface area contributed by atoms with E-state index in [-0.39, 0.29) is 23.5 Å². The van der Waals surface area contributed by atoms with Gasteiger partial charge in [0.2, 0.25) is 5.91 Å². The highest BCUT2D eigenvalue weighted by Crippen LogP contribution is 2.18. The molecule has 1 aliphatic heterocycles. The molecule has 2 N–H and O–H groups in total. The summed E-state index contributed by atoms with van der Waals surface area (Å²) >= 11 is 0. The van der Waals surface area contributed by atoms with Crippen LogP contribution < -0.4 is 10.6 Å². The van der Waals surface area contributed by atoms with Crippen molar-refractivity contribution in [1.82, 2.24) is 10.2 Å². The van der Waals surface area contributed by atoms with Crippen molar-refractivity contribution in [3.8, 4) is 0 Å². The molecule has 3 amide bonds. The third-order valence-electron chi connectivity index (χ3n) is 3.83. The minimum Gasteiger partial charge on any atom is -0.356 e. The standard InChI is InChI=1S/C16H22FN3O2/c1-2-15(21)18-10-12-6-5-9-20(11-12)16(22)19-14-8-4-3-7-13(14)17/h3-4,7-8,12H,2,5-6,9-11H2,1H3,(H,18,21)(H,19,22). The Kier molecular flexibility index (Phi) is 5.75. The van der Waals surface area contributed by atoms with Crippen LogP contribution in [0.5, 0.6) is 0 Å². The topological polar surface area (TPSA) is 61.4 Å². The third-order valence-corrected chi connectivity index (χ3v) is 3.83. The molecule has 0 aliphatic carbocycles. The number of halogens is 1. The van der Waals surface area contributed by atoms with Crippen molar-refractivity contribution in [2.24, 2.45) is 5.92 Å². The lowest BCUT2D eigenvalue weighted by Gasteiger charge is -2.32. The number of urea groups is 1. The molecule has 1 atom stereocenters. The molecule has 1 fully saturated rings. The summed E-state index contributed by atoms with van der Waals surface area (Å²) in [4.78, 5) is 25.2. The second kappa shape index (κ2) is 7.77. The molecule has 120 valence electrons. The lowest BCUT2D eigenvalue weighted by atomic mass is 9.98. The number of carbonyl (C=O) groups is 2. The van der Waals surface area contributed by atoms with E-state index in [1.54, 1.807) is 17.0 Å². The number of para-hydroxylation sites is 1. The van der Waals surface area contributed by atoms with Crippen LogP contribution in [-0.4, -0.2) is 36.5 Å². The number of hydrogen-bond acceptors (Lipinski definition) is 2. The number of likely N-dealkylation sites (tertiary alicyclic amines) is 1. The maximum absolute atomic E-state index is 13.6. The summed E-state index contributed by atoms with van der Waals surface area (Å²) in [6.07, 6.45) is 2.33. The van der Waals surface area contributed by atoms with Gasteiger partial charge in [-0.25, -0.2) is 9.18 Å². The second-order valence-electron chi connectivity index (χ2n) is 5.52. The van der Waals surface area contributed by atoms with Crippen LogP contribution >= 0.6 is 0 Å². The highest BCUT2D eigenvalue weighted by atomic mass is 19.1. The summed E-state index contributed by atoms with van der Waals surface area (Å²) in [6, 6.07) is 5.82. The van der Waals surface area contributed by atoms with Crippen LogP contribution in [0.25, 0.3) is 0 Å². The van der Waals surface area contributed by atoms with E-state index >= 15 is 0 Å². The molecule has 0 spiro atoms. The largest absolute Gasteiger partial charge is 0.356 e. The Morgan fingerprint density at radius 1 is 1.36 bits per heavy atom. The summed E-state index contributed by atoms with van der Waals surface area (Å²) < 4.78 is 13.6. The third kappa shape index (κ3) is 4.44. The van der Waals surface area contributed by atoms with Crippen molar-refractivity contribution >= 4 is 17.6 Å². The zero-order chi connectivity index (χ0) is 15.9. The molecule has 0 radical (unpaired) electrons. The fourth-order valence-electron chi connectivity index (χ4n) is 2.56. The van der Waals surface area contributed by atoms with E-state index in [0.717, 1.165) is 12.8 Å². The van der Waals surface area contributed by atoms with E-state index in [9.17, 15) is 14.0 Å². The number of anilines is 1. The predicted octanol–water partition coefficient (Wildman–Crippen LogP) is 2.60. The van der Waals surface area contributed by atoms with Crippen LogP contribution in [0, 0.1) is 11.7 Å². The number of nitrogens with one attached hydrogen (secondary N) is 2. The lowest BCUT2D eigenvalue weighted by Crippen LogP contribution is -2.45. The van der Waals surface area contributed by atoms with Crippen LogP contribution in [0.2, 0.25) is 0 Å². The van der Waals surface area contributed by atoms with Gasteiger partial charge in [0.15, 0.2) is 0 Å². The Labute approximate surface area is 129 Å². The molecule has 0 saturated carbocycles. The highest BCUT2D eigenvalue weighted by molar-refractivity contribution is 5.89. The fourth-order valence-corrected chi connectivity index (χ4v) is 2.56. The minimum absolute atomic E-state index is 0.0212. The van der Waals surface area contributed by atoms with Gasteiger partial charge in [0, 0.05) is 26.1 Å². The molecule has 22 heavy (non-hydrogen) atoms. The van der Waals surface area contributed by atoms with Gasteiger partial charge in [-0.1, -0.05) is 19.1 Å². The Morgan fingerprint density at radius 2 is 2.14 bits per heavy atom. The molecule has 1 aliphatic rings. The van der Waals surface area contributed by atoms with Gasteiger partial charge in [-0.2, -0.15) is 0 Å². The first-order chi connectivity index (χ1) is 10.6. The van der Waals surface area contributed by atoms with E-state index in [2.05, 4.69) is 10.6 Å². The Bertz CT molecular complexity index is 536. The quantitative estimate of drug-likeness (QED) is 0.898. The normalized spacial score (nSPS) is 17.9. The van der Waals surface area contributed by atoms with Crippen LogP contribution in [0.4, 0.5) is 14.9 Å². The first kappa shape index (κ1) is 16.3. The van der Waals surface area contributed by atoms with Crippen molar-refractivity contribution < 1.29 is 14.0 Å². The molecule has 1 unspecified atom stereocenters. The molecule has 5 nitrogen and oxygen atoms in total. The van der Waals surface area contributed by atoms with E-state index in [0.29, 0.717) is 26.1 Å². The first-order valence-corrected chi connectivity index (χ1v) is 7.67. The second-order valence-corrected chi connectivity index (χ2v) is 5.52. The predicted molar refractivity (Wildman–Crippen MR) is 83.0 cm³/mol. The highest BCUT2D eigenvalue weighted by Gasteiger charge is 2.24. The van der Waals surface area contributed by atoms with Crippen molar-refractivity contribution in [3.63, 3.8) is 0 Å². The molecule has 1 aromatic carbocycles. The average Bonchev–Trinajstić information content (AvgIpc) is 2.55. The van der Waals surface area contributed by atoms with Crippen molar-refractivity contribution in [3.05, 3.63) is 30.1 Å². The summed E-state index contributed by atoms with van der Waals surface area (Å²) in [5.74, 6) is -0.178. The van der Waals surface area contributed by atoms with Gasteiger partial charge < -0.3 is 15.5 Å². The monoisotopic (exact) mass is 307 g/mol. The van der Waals surface area contributed by atoms with E-state index in [1.807, 2.05) is 6.92 Å². The van der Waals surface area contributed by atoms with Crippen LogP contribution in [0.3, 0.4) is 0 Å². The van der Waals surface area contributed by atoms with Gasteiger partial charge in [-0.3, -0.25) is 4.79 Å². The zero-order valence-corrected chi connectivity index (χ0v) is 12.8. The first-order valence-electron chi connectivity index (χ1n) is 7.67. The number of rotatable bonds is 4. The number of amides is 3. The molecule has 1 heterocycles. The summed E-state index contributed by atoms with van der Waals surface area (Å²) in [5.41, 5.74) is 0.189. The SMILES string of the molecule is CCC(=O)NCC1CCCN(C(=O)Nc2ccccc2F)C1. The number of nitrogens with zero attached hydrogens (tertiary/aromatic N) is 1. The van der Waals surface area contributed by atoms with Crippen LogP contribution in [-0.2, 0) is 4.79 Å². The van der Waals surface area contributed by atoms with Gasteiger partial charge in [-0.05, 0) is 30.9 Å². The van der Waals surface area contributed by atoms with E-state index < -0.39 is 5.82 Å². The van der Waals surface area contributed by atoms with Crippen LogP contribution in [0.1, 0.15) is 26.2 Å². The Hall–Kier alpha value is -2.11. The van der Waals surface area contributed by atoms with Crippen molar-refractivity contribution in [2.75, 3.05) is 25.0 Å². The molecule has 0 aromatic heterocycles. The average molecular weight is 307 g/mol. The fraction of sp³-hybridized carbons (Fsp3) is 0.500. The maximum atomic E-state index is 13.6. The number of carbonyl (C=O) groups excluding carboxylic acids is 2. The molecule has 2 rings (SSSR count). The minimum atomic E-state index is -0.445. The van der Waals surface area contributed by atoms with Gasteiger partial charge in [0.25, 0.3) is 0 Å². The molecular weight excluding hydrogens is 285 g/mol. The van der Waals surface area contributed by atoms with Crippen molar-refractivity contribution in [2.45, 2.75) is 26.2 Å². The number of hydrogen-bond donors (Lipinski definition) is 2. The Balaban J connectivity index is 1.87. The number of benzene rings is 1. The maximum Gasteiger partial charge on any atom is 0.321 e. The molecule has 0 bridgehead atoms. The molecule has 6 heteroatoms. The smallest absolute Gasteiger partial charge is 0.321 e. The summed E-state index contributed by atoms with van der Waals surface area (Å²) in [6.45, 7) is 3.61.